The van der Waals surface area contributed by atoms with Crippen LogP contribution in [0.2, 0.25) is 0 Å². The van der Waals surface area contributed by atoms with Crippen molar-refractivity contribution >= 4 is 0 Å². The minimum atomic E-state index is -3.79. The van der Waals surface area contributed by atoms with Crippen LogP contribution in [0, 0.1) is 17.0 Å². The number of alkyl halides is 4. The molecule has 35 heavy (non-hydrogen) atoms. The molecule has 0 unspecified atom stereocenters. The second-order valence-electron chi connectivity index (χ2n) is 9.51. The van der Waals surface area contributed by atoms with Gasteiger partial charge in [0, 0.05) is 17.0 Å². The van der Waals surface area contributed by atoms with E-state index in [2.05, 4.69) is 14.8 Å². The zero-order valence-corrected chi connectivity index (χ0v) is 18.3. The summed E-state index contributed by atoms with van der Waals surface area (Å²) in [7, 11) is 0. The fraction of sp³-hybridized carbons (Fsp3) is 0.417. The lowest BCUT2D eigenvalue weighted by Gasteiger charge is -2.74. The van der Waals surface area contributed by atoms with E-state index in [1.807, 2.05) is 0 Å². The zero-order chi connectivity index (χ0) is 25.1. The lowest BCUT2D eigenvalue weighted by atomic mass is 9.30. The molecule has 2 aromatic carbocycles. The maximum absolute atomic E-state index is 16.2. The van der Waals surface area contributed by atoms with E-state index in [4.69, 9.17) is 0 Å². The SMILES string of the molecule is O[C@](Cn1cncn1)(c1ccc(F)cc1F)C(F)(F)C12CC(c3ccc(COC(F)F)cc3)(C1)C2. The monoisotopic (exact) mass is 497 g/mol. The van der Waals surface area contributed by atoms with Crippen molar-refractivity contribution in [3.05, 3.63) is 83.4 Å². The van der Waals surface area contributed by atoms with Crippen molar-refractivity contribution in [1.29, 1.82) is 0 Å². The number of halogens is 6. The van der Waals surface area contributed by atoms with Crippen LogP contribution in [0.4, 0.5) is 26.3 Å². The Morgan fingerprint density at radius 1 is 1.06 bits per heavy atom. The molecule has 11 heteroatoms. The van der Waals surface area contributed by atoms with E-state index in [-0.39, 0.29) is 25.9 Å². The molecule has 1 aromatic heterocycles. The fourth-order valence-electron chi connectivity index (χ4n) is 5.71. The first-order valence-electron chi connectivity index (χ1n) is 10.9. The minimum Gasteiger partial charge on any atom is -0.377 e. The van der Waals surface area contributed by atoms with Crippen molar-refractivity contribution in [2.45, 2.75) is 56.0 Å². The topological polar surface area (TPSA) is 60.2 Å². The van der Waals surface area contributed by atoms with Crippen LogP contribution in [0.25, 0.3) is 0 Å². The summed E-state index contributed by atoms with van der Waals surface area (Å²) < 4.78 is 90.2. The molecular formula is C24H21F6N3O2. The third-order valence-corrected chi connectivity index (χ3v) is 7.39. The highest BCUT2D eigenvalue weighted by molar-refractivity contribution is 5.43. The molecule has 3 saturated carbocycles. The lowest BCUT2D eigenvalue weighted by Crippen LogP contribution is -2.76. The summed E-state index contributed by atoms with van der Waals surface area (Å²) in [4.78, 5) is 3.70. The zero-order valence-electron chi connectivity index (χ0n) is 18.3. The van der Waals surface area contributed by atoms with Gasteiger partial charge in [-0.2, -0.15) is 13.9 Å². The number of benzene rings is 2. The number of aliphatic hydroxyl groups is 1. The van der Waals surface area contributed by atoms with Gasteiger partial charge in [-0.1, -0.05) is 24.3 Å². The Bertz CT molecular complexity index is 1200. The molecule has 3 aliphatic carbocycles. The van der Waals surface area contributed by atoms with Gasteiger partial charge in [0.1, 0.15) is 24.3 Å². The summed E-state index contributed by atoms with van der Waals surface area (Å²) in [6, 6.07) is 8.73. The lowest BCUT2D eigenvalue weighted by molar-refractivity contribution is -0.347. The van der Waals surface area contributed by atoms with E-state index >= 15 is 8.78 Å². The molecule has 0 spiro atoms. The van der Waals surface area contributed by atoms with Crippen molar-refractivity contribution in [1.82, 2.24) is 14.8 Å². The number of hydrogen-bond acceptors (Lipinski definition) is 4. The fourth-order valence-corrected chi connectivity index (χ4v) is 5.71. The van der Waals surface area contributed by atoms with Crippen LogP contribution in [-0.2, 0) is 28.9 Å². The van der Waals surface area contributed by atoms with E-state index in [9.17, 15) is 22.7 Å². The standard InChI is InChI=1S/C24H21F6N3O2/c25-17-5-6-18(19(26)7-17)23(34,12-33-14-31-13-32-33)24(29,30)22-9-21(10-22,11-22)16-3-1-15(2-4-16)8-35-20(27)28/h1-7,13-14,20,34H,8-12H2/t21?,22?,23-/m1/s1. The van der Waals surface area contributed by atoms with Gasteiger partial charge in [-0.25, -0.2) is 27.2 Å². The van der Waals surface area contributed by atoms with Crippen molar-refractivity contribution < 1.29 is 36.2 Å². The molecular weight excluding hydrogens is 476 g/mol. The molecule has 1 heterocycles. The van der Waals surface area contributed by atoms with Crippen LogP contribution in [-0.4, -0.2) is 32.4 Å². The number of aromatic nitrogens is 3. The van der Waals surface area contributed by atoms with Gasteiger partial charge in [-0.05, 0) is 47.9 Å². The van der Waals surface area contributed by atoms with Crippen molar-refractivity contribution in [2.24, 2.45) is 5.41 Å². The Morgan fingerprint density at radius 2 is 1.74 bits per heavy atom. The molecule has 1 atom stereocenters. The Hall–Kier alpha value is -2.92. The molecule has 6 rings (SSSR count). The third kappa shape index (κ3) is 3.63. The number of rotatable bonds is 9. The second-order valence-corrected chi connectivity index (χ2v) is 9.51. The molecule has 0 aliphatic heterocycles. The van der Waals surface area contributed by atoms with Crippen LogP contribution < -0.4 is 0 Å². The molecule has 0 radical (unpaired) electrons. The first kappa shape index (κ1) is 23.8. The average Bonchev–Trinajstić information content (AvgIpc) is 3.23. The van der Waals surface area contributed by atoms with Crippen LogP contribution >= 0.6 is 0 Å². The molecule has 0 saturated heterocycles. The Balaban J connectivity index is 1.41. The quantitative estimate of drug-likeness (QED) is 0.426. The smallest absolute Gasteiger partial charge is 0.345 e. The van der Waals surface area contributed by atoms with Crippen LogP contribution in [0.5, 0.6) is 0 Å². The van der Waals surface area contributed by atoms with Gasteiger partial charge in [0.25, 0.3) is 5.92 Å². The number of hydrogen-bond donors (Lipinski definition) is 1. The van der Waals surface area contributed by atoms with Crippen LogP contribution in [0.3, 0.4) is 0 Å². The van der Waals surface area contributed by atoms with E-state index in [1.54, 1.807) is 24.3 Å². The van der Waals surface area contributed by atoms with Gasteiger partial charge in [0.15, 0.2) is 5.60 Å². The van der Waals surface area contributed by atoms with Gasteiger partial charge in [0.05, 0.1) is 13.2 Å². The first-order chi connectivity index (χ1) is 16.5. The summed E-state index contributed by atoms with van der Waals surface area (Å²) in [6.07, 6.45) is 2.37. The highest BCUT2D eigenvalue weighted by Gasteiger charge is 2.82. The predicted molar refractivity (Wildman–Crippen MR) is 110 cm³/mol. The molecule has 2 bridgehead atoms. The summed E-state index contributed by atoms with van der Waals surface area (Å²) >= 11 is 0. The summed E-state index contributed by atoms with van der Waals surface area (Å²) in [5, 5.41) is 15.2. The normalized spacial score (nSPS) is 25.1. The summed E-state index contributed by atoms with van der Waals surface area (Å²) in [6.45, 7) is -3.95. The molecule has 3 aliphatic rings. The van der Waals surface area contributed by atoms with Crippen molar-refractivity contribution in [3.8, 4) is 0 Å². The number of ether oxygens (including phenoxy) is 1. The molecule has 1 N–H and O–H groups in total. The van der Waals surface area contributed by atoms with E-state index in [0.717, 1.165) is 35.0 Å². The average molecular weight is 497 g/mol. The molecule has 186 valence electrons. The predicted octanol–water partition coefficient (Wildman–Crippen LogP) is 4.94. The first-order valence-corrected chi connectivity index (χ1v) is 10.9. The number of nitrogens with zero attached hydrogens (tertiary/aromatic N) is 3. The Labute approximate surface area is 196 Å². The summed E-state index contributed by atoms with van der Waals surface area (Å²) in [5.74, 6) is -6.03. The van der Waals surface area contributed by atoms with E-state index in [1.165, 1.54) is 0 Å². The van der Waals surface area contributed by atoms with Gasteiger partial charge in [-0.3, -0.25) is 0 Å². The maximum Gasteiger partial charge on any atom is 0.345 e. The van der Waals surface area contributed by atoms with Gasteiger partial charge in [0.2, 0.25) is 0 Å². The highest BCUT2D eigenvalue weighted by Crippen LogP contribution is 2.80. The Morgan fingerprint density at radius 3 is 2.31 bits per heavy atom. The minimum absolute atomic E-state index is 0.0440. The third-order valence-electron chi connectivity index (χ3n) is 7.39. The summed E-state index contributed by atoms with van der Waals surface area (Å²) in [5.41, 5.74) is -4.57. The van der Waals surface area contributed by atoms with Crippen molar-refractivity contribution in [3.63, 3.8) is 0 Å². The largest absolute Gasteiger partial charge is 0.377 e. The van der Waals surface area contributed by atoms with Gasteiger partial charge in [-0.15, -0.1) is 0 Å². The Kier molecular flexibility index (Phi) is 5.48. The molecule has 0 amide bonds. The van der Waals surface area contributed by atoms with Gasteiger partial charge >= 0.3 is 6.61 Å². The van der Waals surface area contributed by atoms with Crippen LogP contribution in [0.1, 0.15) is 36.0 Å². The maximum atomic E-state index is 16.2. The second kappa shape index (κ2) is 8.06. The molecule has 5 nitrogen and oxygen atoms in total. The highest BCUT2D eigenvalue weighted by atomic mass is 19.3. The van der Waals surface area contributed by atoms with Gasteiger partial charge < -0.3 is 9.84 Å². The van der Waals surface area contributed by atoms with E-state index < -0.39 is 52.7 Å². The molecule has 3 fully saturated rings. The molecule has 3 aromatic rings. The van der Waals surface area contributed by atoms with Crippen LogP contribution in [0.15, 0.2) is 55.1 Å². The van der Waals surface area contributed by atoms with E-state index in [0.29, 0.717) is 11.6 Å². The van der Waals surface area contributed by atoms with Crippen molar-refractivity contribution in [2.75, 3.05) is 0 Å².